The second kappa shape index (κ2) is 6.43. The van der Waals surface area contributed by atoms with Crippen LogP contribution in [0.25, 0.3) is 0 Å². The highest BCUT2D eigenvalue weighted by Gasteiger charge is 2.35. The molecular formula is C18H17N3O4. The van der Waals surface area contributed by atoms with Gasteiger partial charge in [-0.3, -0.25) is 14.6 Å². The van der Waals surface area contributed by atoms with Gasteiger partial charge >= 0.3 is 0 Å². The molecule has 25 heavy (non-hydrogen) atoms. The third-order valence-electron chi connectivity index (χ3n) is 4.33. The van der Waals surface area contributed by atoms with Gasteiger partial charge in [0.1, 0.15) is 0 Å². The summed E-state index contributed by atoms with van der Waals surface area (Å²) in [5, 5.41) is 2.85. The molecule has 0 spiro atoms. The number of carbonyl (C=O) groups excluding carboxylic acids is 2. The molecule has 1 N–H and O–H groups in total. The number of nitrogens with zero attached hydrogens (tertiary/aromatic N) is 2. The monoisotopic (exact) mass is 339 g/mol. The first kappa shape index (κ1) is 15.4. The number of hydrogen-bond donors (Lipinski definition) is 1. The van der Waals surface area contributed by atoms with Crippen molar-refractivity contribution in [3.05, 3.63) is 48.3 Å². The number of pyridine rings is 1. The summed E-state index contributed by atoms with van der Waals surface area (Å²) in [5.74, 6) is 0.703. The van der Waals surface area contributed by atoms with Crippen molar-refractivity contribution in [3.63, 3.8) is 0 Å². The number of nitrogens with one attached hydrogen (secondary N) is 1. The Labute approximate surface area is 144 Å². The molecule has 0 aliphatic carbocycles. The largest absolute Gasteiger partial charge is 0.454 e. The molecule has 2 aliphatic rings. The fourth-order valence-corrected chi connectivity index (χ4v) is 3.01. The van der Waals surface area contributed by atoms with Gasteiger partial charge in [-0.15, -0.1) is 0 Å². The lowest BCUT2D eigenvalue weighted by Gasteiger charge is -2.17. The van der Waals surface area contributed by atoms with Gasteiger partial charge < -0.3 is 19.7 Å². The predicted molar refractivity (Wildman–Crippen MR) is 89.1 cm³/mol. The van der Waals surface area contributed by atoms with Crippen LogP contribution in [0.2, 0.25) is 0 Å². The third kappa shape index (κ3) is 3.13. The Morgan fingerprint density at radius 3 is 2.96 bits per heavy atom. The lowest BCUT2D eigenvalue weighted by Crippen LogP contribution is -2.32. The summed E-state index contributed by atoms with van der Waals surface area (Å²) in [7, 11) is 0. The number of rotatable bonds is 4. The maximum absolute atomic E-state index is 12.4. The number of ether oxygens (including phenoxy) is 2. The van der Waals surface area contributed by atoms with Gasteiger partial charge in [-0.05, 0) is 24.3 Å². The van der Waals surface area contributed by atoms with Gasteiger partial charge in [0.2, 0.25) is 18.6 Å². The molecule has 0 bridgehead atoms. The van der Waals surface area contributed by atoms with Gasteiger partial charge in [0.25, 0.3) is 0 Å². The molecule has 4 rings (SSSR count). The number of carbonyl (C=O) groups is 2. The van der Waals surface area contributed by atoms with Crippen LogP contribution < -0.4 is 19.7 Å². The van der Waals surface area contributed by atoms with E-state index in [0.29, 0.717) is 30.3 Å². The zero-order valence-electron chi connectivity index (χ0n) is 13.5. The van der Waals surface area contributed by atoms with E-state index in [-0.39, 0.29) is 30.9 Å². The third-order valence-corrected chi connectivity index (χ3v) is 4.33. The maximum atomic E-state index is 12.4. The van der Waals surface area contributed by atoms with Crippen LogP contribution >= 0.6 is 0 Å². The van der Waals surface area contributed by atoms with Crippen molar-refractivity contribution in [2.24, 2.45) is 5.92 Å². The highest BCUT2D eigenvalue weighted by Crippen LogP contribution is 2.37. The molecule has 0 saturated carbocycles. The molecule has 2 aliphatic heterocycles. The molecule has 3 heterocycles. The van der Waals surface area contributed by atoms with E-state index in [2.05, 4.69) is 10.3 Å². The second-order valence-corrected chi connectivity index (χ2v) is 5.98. The molecule has 0 unspecified atom stereocenters. The second-order valence-electron chi connectivity index (χ2n) is 5.98. The van der Waals surface area contributed by atoms with E-state index >= 15 is 0 Å². The highest BCUT2D eigenvalue weighted by molar-refractivity contribution is 6.00. The van der Waals surface area contributed by atoms with Crippen LogP contribution in [0.5, 0.6) is 11.5 Å². The van der Waals surface area contributed by atoms with E-state index in [1.54, 1.807) is 29.3 Å². The van der Waals surface area contributed by atoms with E-state index in [9.17, 15) is 9.59 Å². The molecule has 1 atom stereocenters. The van der Waals surface area contributed by atoms with Crippen molar-refractivity contribution in [2.75, 3.05) is 18.2 Å². The minimum atomic E-state index is -0.373. The normalized spacial score (nSPS) is 18.5. The van der Waals surface area contributed by atoms with Crippen molar-refractivity contribution >= 4 is 17.5 Å². The molecule has 2 aromatic rings. The molecule has 7 heteroatoms. The molecule has 0 radical (unpaired) electrons. The Morgan fingerprint density at radius 1 is 1.24 bits per heavy atom. The first-order valence-corrected chi connectivity index (χ1v) is 8.08. The standard InChI is InChI=1S/C18H17N3O4/c22-17-7-12(18(23)20-9-13-3-1-2-6-19-13)10-21(17)14-4-5-15-16(8-14)25-11-24-15/h1-6,8,12H,7,9-11H2,(H,20,23)/t12-/m1/s1. The minimum Gasteiger partial charge on any atom is -0.454 e. The van der Waals surface area contributed by atoms with E-state index in [1.165, 1.54) is 0 Å². The fourth-order valence-electron chi connectivity index (χ4n) is 3.01. The van der Waals surface area contributed by atoms with Crippen LogP contribution in [0.1, 0.15) is 12.1 Å². The van der Waals surface area contributed by atoms with E-state index < -0.39 is 0 Å². The first-order valence-electron chi connectivity index (χ1n) is 8.08. The molecule has 1 saturated heterocycles. The van der Waals surface area contributed by atoms with Gasteiger partial charge in [-0.1, -0.05) is 6.07 Å². The Bertz CT molecular complexity index is 809. The van der Waals surface area contributed by atoms with Gasteiger partial charge in [0.05, 0.1) is 18.2 Å². The molecule has 128 valence electrons. The smallest absolute Gasteiger partial charge is 0.231 e. The fraction of sp³-hybridized carbons (Fsp3) is 0.278. The number of fused-ring (bicyclic) bond motifs is 1. The Morgan fingerprint density at radius 2 is 2.12 bits per heavy atom. The Kier molecular flexibility index (Phi) is 3.97. The lowest BCUT2D eigenvalue weighted by atomic mass is 10.1. The van der Waals surface area contributed by atoms with Crippen LogP contribution in [0, 0.1) is 5.92 Å². The van der Waals surface area contributed by atoms with E-state index in [4.69, 9.17) is 9.47 Å². The summed E-state index contributed by atoms with van der Waals surface area (Å²) >= 11 is 0. The van der Waals surface area contributed by atoms with Crippen molar-refractivity contribution in [1.29, 1.82) is 0 Å². The number of amides is 2. The van der Waals surface area contributed by atoms with Crippen molar-refractivity contribution in [1.82, 2.24) is 10.3 Å². The quantitative estimate of drug-likeness (QED) is 0.912. The summed E-state index contributed by atoms with van der Waals surface area (Å²) in [5.41, 5.74) is 1.50. The number of anilines is 1. The van der Waals surface area contributed by atoms with Crippen molar-refractivity contribution in [3.8, 4) is 11.5 Å². The Balaban J connectivity index is 1.40. The summed E-state index contributed by atoms with van der Waals surface area (Å²) in [6.45, 7) is 0.895. The van der Waals surface area contributed by atoms with Crippen molar-refractivity contribution in [2.45, 2.75) is 13.0 Å². The van der Waals surface area contributed by atoms with Gasteiger partial charge in [0, 0.05) is 30.9 Å². The number of aromatic nitrogens is 1. The van der Waals surface area contributed by atoms with Crippen LogP contribution in [-0.4, -0.2) is 30.1 Å². The summed E-state index contributed by atoms with van der Waals surface area (Å²) < 4.78 is 10.6. The summed E-state index contributed by atoms with van der Waals surface area (Å²) in [6, 6.07) is 10.9. The predicted octanol–water partition coefficient (Wildman–Crippen LogP) is 1.48. The van der Waals surface area contributed by atoms with Crippen LogP contribution in [0.15, 0.2) is 42.6 Å². The zero-order valence-corrected chi connectivity index (χ0v) is 13.5. The topological polar surface area (TPSA) is 80.8 Å². The van der Waals surface area contributed by atoms with Gasteiger partial charge in [-0.2, -0.15) is 0 Å². The molecule has 2 amide bonds. The SMILES string of the molecule is O=C(NCc1ccccn1)[C@@H]1CC(=O)N(c2ccc3c(c2)OCO3)C1. The van der Waals surface area contributed by atoms with E-state index in [0.717, 1.165) is 5.69 Å². The first-order chi connectivity index (χ1) is 12.2. The van der Waals surface area contributed by atoms with Gasteiger partial charge in [-0.25, -0.2) is 0 Å². The molecular weight excluding hydrogens is 322 g/mol. The zero-order chi connectivity index (χ0) is 17.2. The molecule has 1 fully saturated rings. The van der Waals surface area contributed by atoms with Crippen LogP contribution in [-0.2, 0) is 16.1 Å². The molecule has 7 nitrogen and oxygen atoms in total. The lowest BCUT2D eigenvalue weighted by molar-refractivity contribution is -0.126. The molecule has 1 aromatic carbocycles. The average Bonchev–Trinajstić information content (AvgIpc) is 3.26. The highest BCUT2D eigenvalue weighted by atomic mass is 16.7. The number of hydrogen-bond acceptors (Lipinski definition) is 5. The average molecular weight is 339 g/mol. The minimum absolute atomic E-state index is 0.0724. The Hall–Kier alpha value is -3.09. The van der Waals surface area contributed by atoms with E-state index in [1.807, 2.05) is 18.2 Å². The maximum Gasteiger partial charge on any atom is 0.231 e. The van der Waals surface area contributed by atoms with Gasteiger partial charge in [0.15, 0.2) is 11.5 Å². The van der Waals surface area contributed by atoms with Crippen molar-refractivity contribution < 1.29 is 19.1 Å². The molecule has 1 aromatic heterocycles. The van der Waals surface area contributed by atoms with Crippen LogP contribution in [0.3, 0.4) is 0 Å². The summed E-state index contributed by atoms with van der Waals surface area (Å²) in [4.78, 5) is 30.5. The van der Waals surface area contributed by atoms with Crippen LogP contribution in [0.4, 0.5) is 5.69 Å². The summed E-state index contributed by atoms with van der Waals surface area (Å²) in [6.07, 6.45) is 1.88. The number of benzene rings is 1.